The van der Waals surface area contributed by atoms with Gasteiger partial charge in [0.05, 0.1) is 12.1 Å². The van der Waals surface area contributed by atoms with Crippen LogP contribution >= 0.6 is 33.9 Å². The summed E-state index contributed by atoms with van der Waals surface area (Å²) < 4.78 is 0.884. The van der Waals surface area contributed by atoms with Crippen LogP contribution in [0.25, 0.3) is 0 Å². The molecule has 0 atom stereocenters. The SMILES string of the molecule is O=C(NCC(=O)N1CCN(CCc2cccs2)CC1)c1ccccc1I. The summed E-state index contributed by atoms with van der Waals surface area (Å²) in [6.07, 6.45) is 1.07. The minimum atomic E-state index is -0.196. The maximum absolute atomic E-state index is 12.4. The van der Waals surface area contributed by atoms with Gasteiger partial charge in [0.2, 0.25) is 5.91 Å². The van der Waals surface area contributed by atoms with Crippen LogP contribution in [0.2, 0.25) is 0 Å². The smallest absolute Gasteiger partial charge is 0.252 e. The van der Waals surface area contributed by atoms with E-state index in [0.29, 0.717) is 5.56 Å². The second-order valence-electron chi connectivity index (χ2n) is 6.21. The van der Waals surface area contributed by atoms with Crippen molar-refractivity contribution in [2.24, 2.45) is 0 Å². The molecule has 7 heteroatoms. The van der Waals surface area contributed by atoms with Gasteiger partial charge >= 0.3 is 0 Å². The number of benzene rings is 1. The van der Waals surface area contributed by atoms with Gasteiger partial charge in [-0.3, -0.25) is 14.5 Å². The molecule has 5 nitrogen and oxygen atoms in total. The molecule has 0 unspecified atom stereocenters. The summed E-state index contributed by atoms with van der Waals surface area (Å²) in [5, 5.41) is 4.85. The van der Waals surface area contributed by atoms with Crippen molar-refractivity contribution in [1.82, 2.24) is 15.1 Å². The summed E-state index contributed by atoms with van der Waals surface area (Å²) in [5.41, 5.74) is 0.610. The molecule has 138 valence electrons. The summed E-state index contributed by atoms with van der Waals surface area (Å²) in [7, 11) is 0. The molecule has 0 saturated carbocycles. The van der Waals surface area contributed by atoms with Gasteiger partial charge in [-0.15, -0.1) is 11.3 Å². The van der Waals surface area contributed by atoms with E-state index in [4.69, 9.17) is 0 Å². The first-order valence-electron chi connectivity index (χ1n) is 8.69. The standard InChI is InChI=1S/C19H22IN3O2S/c20-17-6-2-1-5-16(17)19(25)21-14-18(24)23-11-9-22(10-12-23)8-7-15-4-3-13-26-15/h1-6,13H,7-12,14H2,(H,21,25). The molecule has 0 aliphatic carbocycles. The van der Waals surface area contributed by atoms with Crippen LogP contribution < -0.4 is 5.32 Å². The molecule has 1 aromatic heterocycles. The summed E-state index contributed by atoms with van der Waals surface area (Å²) in [6, 6.07) is 11.6. The molecule has 2 heterocycles. The van der Waals surface area contributed by atoms with Crippen LogP contribution in [0.5, 0.6) is 0 Å². The summed E-state index contributed by atoms with van der Waals surface area (Å²) in [4.78, 5) is 30.2. The van der Waals surface area contributed by atoms with Crippen LogP contribution in [-0.4, -0.2) is 60.9 Å². The zero-order valence-corrected chi connectivity index (χ0v) is 17.5. The monoisotopic (exact) mass is 483 g/mol. The van der Waals surface area contributed by atoms with Crippen molar-refractivity contribution in [3.05, 3.63) is 55.8 Å². The predicted molar refractivity (Wildman–Crippen MR) is 113 cm³/mol. The number of nitrogens with one attached hydrogen (secondary N) is 1. The number of piperazine rings is 1. The van der Waals surface area contributed by atoms with Gasteiger partial charge in [0.25, 0.3) is 5.91 Å². The van der Waals surface area contributed by atoms with Crippen LogP contribution in [0, 0.1) is 3.57 Å². The second-order valence-corrected chi connectivity index (χ2v) is 8.41. The lowest BCUT2D eigenvalue weighted by atomic mass is 10.2. The van der Waals surface area contributed by atoms with Crippen molar-refractivity contribution in [3.63, 3.8) is 0 Å². The Balaban J connectivity index is 1.39. The van der Waals surface area contributed by atoms with Crippen molar-refractivity contribution in [1.29, 1.82) is 0 Å². The van der Waals surface area contributed by atoms with E-state index in [1.54, 1.807) is 17.4 Å². The molecule has 0 bridgehead atoms. The Kier molecular flexibility index (Phi) is 7.04. The Morgan fingerprint density at radius 1 is 1.08 bits per heavy atom. The second kappa shape index (κ2) is 9.48. The largest absolute Gasteiger partial charge is 0.343 e. The maximum Gasteiger partial charge on any atom is 0.252 e. The Bertz CT molecular complexity index is 743. The van der Waals surface area contributed by atoms with Crippen molar-refractivity contribution in [3.8, 4) is 0 Å². The molecule has 1 aromatic carbocycles. The lowest BCUT2D eigenvalue weighted by molar-refractivity contribution is -0.131. The molecule has 26 heavy (non-hydrogen) atoms. The molecule has 1 saturated heterocycles. The minimum absolute atomic E-state index is 0.0119. The van der Waals surface area contributed by atoms with Crippen LogP contribution in [0.4, 0.5) is 0 Å². The summed E-state index contributed by atoms with van der Waals surface area (Å²) in [6.45, 7) is 4.32. The predicted octanol–water partition coefficient (Wildman–Crippen LogP) is 2.47. The number of hydrogen-bond acceptors (Lipinski definition) is 4. The average molecular weight is 483 g/mol. The molecule has 1 N–H and O–H groups in total. The van der Waals surface area contributed by atoms with Gasteiger partial charge < -0.3 is 10.2 Å². The highest BCUT2D eigenvalue weighted by Crippen LogP contribution is 2.12. The van der Waals surface area contributed by atoms with Crippen molar-refractivity contribution in [2.45, 2.75) is 6.42 Å². The number of thiophene rings is 1. The molecule has 0 spiro atoms. The lowest BCUT2D eigenvalue weighted by Gasteiger charge is -2.34. The fraction of sp³-hybridized carbons (Fsp3) is 0.368. The number of halogens is 1. The van der Waals surface area contributed by atoms with Crippen LogP contribution in [0.15, 0.2) is 41.8 Å². The molecule has 1 aliphatic heterocycles. The van der Waals surface area contributed by atoms with Gasteiger partial charge in [-0.25, -0.2) is 0 Å². The Labute approximate surface area is 171 Å². The fourth-order valence-electron chi connectivity index (χ4n) is 2.95. The highest BCUT2D eigenvalue weighted by Gasteiger charge is 2.21. The van der Waals surface area contributed by atoms with Crippen molar-refractivity contribution < 1.29 is 9.59 Å². The third kappa shape index (κ3) is 5.28. The molecular weight excluding hydrogens is 461 g/mol. The minimum Gasteiger partial charge on any atom is -0.343 e. The van der Waals surface area contributed by atoms with E-state index in [-0.39, 0.29) is 18.4 Å². The third-order valence-electron chi connectivity index (χ3n) is 4.50. The Morgan fingerprint density at radius 2 is 1.85 bits per heavy atom. The van der Waals surface area contributed by atoms with E-state index in [9.17, 15) is 9.59 Å². The van der Waals surface area contributed by atoms with Gasteiger partial charge in [-0.1, -0.05) is 18.2 Å². The molecule has 1 aliphatic rings. The van der Waals surface area contributed by atoms with Crippen molar-refractivity contribution in [2.75, 3.05) is 39.3 Å². The van der Waals surface area contributed by atoms with Crippen molar-refractivity contribution >= 4 is 45.7 Å². The molecule has 0 radical (unpaired) electrons. The number of carbonyl (C=O) groups excluding carboxylic acids is 2. The maximum atomic E-state index is 12.4. The topological polar surface area (TPSA) is 52.7 Å². The summed E-state index contributed by atoms with van der Waals surface area (Å²) >= 11 is 3.92. The number of rotatable bonds is 6. The van der Waals surface area contributed by atoms with E-state index >= 15 is 0 Å². The number of amides is 2. The van der Waals surface area contributed by atoms with Gasteiger partial charge in [0.1, 0.15) is 0 Å². The quantitative estimate of drug-likeness (QED) is 0.643. The highest BCUT2D eigenvalue weighted by molar-refractivity contribution is 14.1. The highest BCUT2D eigenvalue weighted by atomic mass is 127. The van der Waals surface area contributed by atoms with E-state index in [1.807, 2.05) is 23.1 Å². The number of carbonyl (C=O) groups is 2. The molecule has 3 rings (SSSR count). The van der Waals surface area contributed by atoms with Crippen LogP contribution in [-0.2, 0) is 11.2 Å². The van der Waals surface area contributed by atoms with Gasteiger partial charge in [-0.05, 0) is 52.6 Å². The first-order valence-corrected chi connectivity index (χ1v) is 10.6. The van der Waals surface area contributed by atoms with Gasteiger partial charge in [0, 0.05) is 41.2 Å². The first kappa shape index (κ1) is 19.3. The summed E-state index contributed by atoms with van der Waals surface area (Å²) in [5.74, 6) is -0.208. The molecule has 2 aromatic rings. The zero-order valence-electron chi connectivity index (χ0n) is 14.5. The fourth-order valence-corrected chi connectivity index (χ4v) is 4.28. The normalized spacial score (nSPS) is 15.0. The number of nitrogens with zero attached hydrogens (tertiary/aromatic N) is 2. The van der Waals surface area contributed by atoms with Gasteiger partial charge in [0.15, 0.2) is 0 Å². The Morgan fingerprint density at radius 3 is 2.54 bits per heavy atom. The van der Waals surface area contributed by atoms with Gasteiger partial charge in [-0.2, -0.15) is 0 Å². The van der Waals surface area contributed by atoms with E-state index in [0.717, 1.165) is 42.7 Å². The Hall–Kier alpha value is -1.45. The van der Waals surface area contributed by atoms with E-state index < -0.39 is 0 Å². The zero-order chi connectivity index (χ0) is 18.4. The molecule has 2 amide bonds. The molecular formula is C19H22IN3O2S. The lowest BCUT2D eigenvalue weighted by Crippen LogP contribution is -2.51. The third-order valence-corrected chi connectivity index (χ3v) is 6.38. The molecule has 1 fully saturated rings. The first-order chi connectivity index (χ1) is 12.6. The van der Waals surface area contributed by atoms with Crippen LogP contribution in [0.3, 0.4) is 0 Å². The number of hydrogen-bond donors (Lipinski definition) is 1. The van der Waals surface area contributed by atoms with E-state index in [1.165, 1.54) is 4.88 Å². The van der Waals surface area contributed by atoms with E-state index in [2.05, 4.69) is 50.3 Å². The van der Waals surface area contributed by atoms with Crippen LogP contribution in [0.1, 0.15) is 15.2 Å². The average Bonchev–Trinajstić information content (AvgIpc) is 3.18.